The monoisotopic (exact) mass is 216 g/mol. The van der Waals surface area contributed by atoms with Crippen LogP contribution in [0.25, 0.3) is 0 Å². The Kier molecular flexibility index (Phi) is 4.91. The molecule has 0 amide bonds. The van der Waals surface area contributed by atoms with E-state index >= 15 is 0 Å². The van der Waals surface area contributed by atoms with Gasteiger partial charge in [0.1, 0.15) is 0 Å². The summed E-state index contributed by atoms with van der Waals surface area (Å²) in [4.78, 5) is 0. The zero-order valence-electron chi connectivity index (χ0n) is 9.08. The Morgan fingerprint density at radius 2 is 2.07 bits per heavy atom. The van der Waals surface area contributed by atoms with Crippen molar-refractivity contribution in [3.63, 3.8) is 0 Å². The summed E-state index contributed by atoms with van der Waals surface area (Å²) in [5.41, 5.74) is 0.250. The van der Waals surface area contributed by atoms with Crippen LogP contribution in [0.15, 0.2) is 12.4 Å². The highest BCUT2D eigenvalue weighted by Gasteiger charge is 2.31. The Hall–Kier alpha value is -0.0700. The van der Waals surface area contributed by atoms with Crippen LogP contribution >= 0.6 is 7.37 Å². The first-order chi connectivity index (χ1) is 6.73. The first kappa shape index (κ1) is 12.0. The van der Waals surface area contributed by atoms with Gasteiger partial charge >= 0.3 is 0 Å². The van der Waals surface area contributed by atoms with E-state index in [1.54, 1.807) is 5.82 Å². The Balaban J connectivity index is 2.57. The first-order valence-electron chi connectivity index (χ1n) is 5.60. The van der Waals surface area contributed by atoms with Gasteiger partial charge in [-0.1, -0.05) is 32.8 Å². The van der Waals surface area contributed by atoms with Crippen molar-refractivity contribution >= 4 is 7.37 Å². The van der Waals surface area contributed by atoms with Crippen LogP contribution < -0.4 is 0 Å². The molecule has 1 aliphatic carbocycles. The SMILES string of the molecule is C=CP(=O)(OCCC)C1CCCCC1. The van der Waals surface area contributed by atoms with Gasteiger partial charge in [-0.2, -0.15) is 0 Å². The predicted molar refractivity (Wildman–Crippen MR) is 60.9 cm³/mol. The van der Waals surface area contributed by atoms with Crippen molar-refractivity contribution in [2.45, 2.75) is 51.1 Å². The number of hydrogen-bond acceptors (Lipinski definition) is 2. The average molecular weight is 216 g/mol. The third-order valence-electron chi connectivity index (χ3n) is 2.84. The molecule has 0 aromatic carbocycles. The van der Waals surface area contributed by atoms with Crippen LogP contribution in [0.5, 0.6) is 0 Å². The quantitative estimate of drug-likeness (QED) is 0.645. The minimum absolute atomic E-state index is 0.250. The van der Waals surface area contributed by atoms with Crippen molar-refractivity contribution in [3.8, 4) is 0 Å². The molecule has 0 aromatic rings. The summed E-state index contributed by atoms with van der Waals surface area (Å²) in [6, 6.07) is 0. The lowest BCUT2D eigenvalue weighted by atomic mass is 10.0. The third kappa shape index (κ3) is 2.96. The Morgan fingerprint density at radius 1 is 1.43 bits per heavy atom. The zero-order chi connectivity index (χ0) is 10.4. The van der Waals surface area contributed by atoms with Crippen molar-refractivity contribution < 1.29 is 9.09 Å². The fraction of sp³-hybridized carbons (Fsp3) is 0.818. The smallest absolute Gasteiger partial charge is 0.227 e. The highest BCUT2D eigenvalue weighted by atomic mass is 31.2. The van der Waals surface area contributed by atoms with E-state index in [9.17, 15) is 4.57 Å². The molecular weight excluding hydrogens is 195 g/mol. The lowest BCUT2D eigenvalue weighted by Gasteiger charge is -2.27. The summed E-state index contributed by atoms with van der Waals surface area (Å²) in [5, 5.41) is 0. The molecule has 1 atom stereocenters. The van der Waals surface area contributed by atoms with Gasteiger partial charge < -0.3 is 4.52 Å². The molecule has 0 N–H and O–H groups in total. The summed E-state index contributed by atoms with van der Waals surface area (Å²) in [6.45, 7) is 6.31. The summed E-state index contributed by atoms with van der Waals surface area (Å²) in [5.74, 6) is 1.57. The van der Waals surface area contributed by atoms with Crippen LogP contribution in [-0.2, 0) is 9.09 Å². The molecule has 3 heteroatoms. The van der Waals surface area contributed by atoms with Crippen LogP contribution in [0.1, 0.15) is 45.4 Å². The van der Waals surface area contributed by atoms with E-state index in [-0.39, 0.29) is 5.66 Å². The van der Waals surface area contributed by atoms with Gasteiger partial charge in [0.25, 0.3) is 0 Å². The van der Waals surface area contributed by atoms with Crippen LogP contribution in [0.4, 0.5) is 0 Å². The fourth-order valence-corrected chi connectivity index (χ4v) is 4.15. The third-order valence-corrected chi connectivity index (χ3v) is 5.46. The maximum absolute atomic E-state index is 12.4. The zero-order valence-corrected chi connectivity index (χ0v) is 9.97. The number of rotatable bonds is 5. The lowest BCUT2D eigenvalue weighted by Crippen LogP contribution is -2.13. The Labute approximate surface area is 87.2 Å². The van der Waals surface area contributed by atoms with Crippen molar-refractivity contribution in [2.24, 2.45) is 0 Å². The fourth-order valence-electron chi connectivity index (χ4n) is 1.98. The Morgan fingerprint density at radius 3 is 2.57 bits per heavy atom. The van der Waals surface area contributed by atoms with E-state index in [0.29, 0.717) is 6.61 Å². The summed E-state index contributed by atoms with van der Waals surface area (Å²) < 4.78 is 17.9. The standard InChI is InChI=1S/C11H21O2P/c1-3-10-13-14(12,4-2)11-8-6-5-7-9-11/h4,11H,2-3,5-10H2,1H3. The molecule has 14 heavy (non-hydrogen) atoms. The van der Waals surface area contributed by atoms with Crippen LogP contribution in [-0.4, -0.2) is 12.3 Å². The number of hydrogen-bond donors (Lipinski definition) is 0. The van der Waals surface area contributed by atoms with E-state index in [1.165, 1.54) is 19.3 Å². The molecule has 0 heterocycles. The van der Waals surface area contributed by atoms with Gasteiger partial charge in [0.05, 0.1) is 6.61 Å². The maximum atomic E-state index is 12.4. The summed E-state index contributed by atoms with van der Waals surface area (Å²) in [6.07, 6.45) is 6.68. The molecule has 0 radical (unpaired) electrons. The van der Waals surface area contributed by atoms with Gasteiger partial charge in [-0.25, -0.2) is 0 Å². The van der Waals surface area contributed by atoms with Gasteiger partial charge in [-0.15, -0.1) is 0 Å². The molecule has 82 valence electrons. The average Bonchev–Trinajstić information content (AvgIpc) is 2.27. The van der Waals surface area contributed by atoms with E-state index in [1.807, 2.05) is 6.92 Å². The summed E-state index contributed by atoms with van der Waals surface area (Å²) in [7, 11) is -2.53. The highest BCUT2D eigenvalue weighted by Crippen LogP contribution is 2.57. The van der Waals surface area contributed by atoms with Crippen molar-refractivity contribution in [1.29, 1.82) is 0 Å². The van der Waals surface area contributed by atoms with E-state index in [0.717, 1.165) is 19.3 Å². The topological polar surface area (TPSA) is 26.3 Å². The predicted octanol–water partition coefficient (Wildman–Crippen LogP) is 4.17. The van der Waals surface area contributed by atoms with Crippen LogP contribution in [0, 0.1) is 0 Å². The molecule has 1 saturated carbocycles. The minimum atomic E-state index is -2.53. The molecule has 1 fully saturated rings. The van der Waals surface area contributed by atoms with Crippen molar-refractivity contribution in [1.82, 2.24) is 0 Å². The minimum Gasteiger partial charge on any atom is -0.326 e. The van der Waals surface area contributed by atoms with Gasteiger partial charge in [-0.3, -0.25) is 4.57 Å². The van der Waals surface area contributed by atoms with Gasteiger partial charge in [0.15, 0.2) is 0 Å². The van der Waals surface area contributed by atoms with Gasteiger partial charge in [-0.05, 0) is 25.1 Å². The first-order valence-corrected chi connectivity index (χ1v) is 7.37. The normalized spacial score (nSPS) is 22.9. The van der Waals surface area contributed by atoms with Crippen LogP contribution in [0.3, 0.4) is 0 Å². The van der Waals surface area contributed by atoms with Gasteiger partial charge in [0.2, 0.25) is 7.37 Å². The largest absolute Gasteiger partial charge is 0.326 e. The lowest BCUT2D eigenvalue weighted by molar-refractivity contribution is 0.304. The molecule has 0 bridgehead atoms. The molecule has 0 aromatic heterocycles. The molecule has 2 nitrogen and oxygen atoms in total. The molecule has 1 unspecified atom stereocenters. The molecular formula is C11H21O2P. The second-order valence-corrected chi connectivity index (χ2v) is 6.60. The molecule has 1 aliphatic rings. The van der Waals surface area contributed by atoms with Crippen molar-refractivity contribution in [3.05, 3.63) is 12.4 Å². The second-order valence-electron chi connectivity index (χ2n) is 3.95. The molecule has 1 rings (SSSR count). The van der Waals surface area contributed by atoms with E-state index in [2.05, 4.69) is 6.58 Å². The van der Waals surface area contributed by atoms with E-state index in [4.69, 9.17) is 4.52 Å². The van der Waals surface area contributed by atoms with Crippen molar-refractivity contribution in [2.75, 3.05) is 6.61 Å². The molecule has 0 aliphatic heterocycles. The summed E-state index contributed by atoms with van der Waals surface area (Å²) >= 11 is 0. The Bertz CT molecular complexity index is 219. The van der Waals surface area contributed by atoms with Crippen LogP contribution in [0.2, 0.25) is 0 Å². The molecule has 0 spiro atoms. The van der Waals surface area contributed by atoms with E-state index < -0.39 is 7.37 Å². The second kappa shape index (κ2) is 5.72. The molecule has 0 saturated heterocycles. The maximum Gasteiger partial charge on any atom is 0.227 e. The van der Waals surface area contributed by atoms with Gasteiger partial charge in [0, 0.05) is 5.66 Å². The highest BCUT2D eigenvalue weighted by molar-refractivity contribution is 7.62.